The minimum absolute atomic E-state index is 0.109. The Morgan fingerprint density at radius 1 is 1.45 bits per heavy atom. The molecule has 2 heterocycles. The normalized spacial score (nSPS) is 17.9. The highest BCUT2D eigenvalue weighted by atomic mass is 79.9. The van der Waals surface area contributed by atoms with E-state index in [0.717, 1.165) is 19.3 Å². The molecule has 1 fully saturated rings. The van der Waals surface area contributed by atoms with Crippen molar-refractivity contribution in [2.24, 2.45) is 5.73 Å². The topological polar surface area (TPSA) is 90.6 Å². The number of nitrogens with two attached hydrogens (primary N) is 1. The smallest absolute Gasteiger partial charge is 0.405 e. The first kappa shape index (κ1) is 20.7. The molecule has 0 saturated heterocycles. The predicted octanol–water partition coefficient (Wildman–Crippen LogP) is 4.51. The van der Waals surface area contributed by atoms with Crippen molar-refractivity contribution in [2.75, 3.05) is 30.9 Å². The maximum atomic E-state index is 15.1. The quantitative estimate of drug-likeness (QED) is 0.371. The number of carbonyl (C=O) groups is 1. The lowest BCUT2D eigenvalue weighted by molar-refractivity contribution is -0.0372. The second kappa shape index (κ2) is 7.96. The molecular weight excluding hydrogens is 487 g/mol. The summed E-state index contributed by atoms with van der Waals surface area (Å²) in [5.41, 5.74) is 4.77. The van der Waals surface area contributed by atoms with Gasteiger partial charge in [-0.1, -0.05) is 23.4 Å². The average molecular weight is 506 g/mol. The van der Waals surface area contributed by atoms with E-state index in [1.165, 1.54) is 11.8 Å². The fourth-order valence-electron chi connectivity index (χ4n) is 3.78. The molecule has 1 aromatic heterocycles. The number of hydrogen-bond donors (Lipinski definition) is 1. The molecular formula is C18H19BrClFN4O3S. The van der Waals surface area contributed by atoms with Crippen LogP contribution in [0.25, 0.3) is 10.9 Å². The van der Waals surface area contributed by atoms with Crippen LogP contribution < -0.4 is 15.4 Å². The third kappa shape index (κ3) is 3.70. The van der Waals surface area contributed by atoms with Gasteiger partial charge in [0.05, 0.1) is 23.0 Å². The van der Waals surface area contributed by atoms with Crippen molar-refractivity contribution in [1.29, 1.82) is 0 Å². The van der Waals surface area contributed by atoms with Gasteiger partial charge in [0.2, 0.25) is 0 Å². The first-order chi connectivity index (χ1) is 13.8. The number of aromatic nitrogens is 2. The van der Waals surface area contributed by atoms with E-state index in [0.29, 0.717) is 48.2 Å². The number of carbonyl (C=O) groups excluding carboxylic acids is 1. The summed E-state index contributed by atoms with van der Waals surface area (Å²) in [4.78, 5) is 22.5. The summed E-state index contributed by atoms with van der Waals surface area (Å²) in [5, 5.41) is 0.989. The van der Waals surface area contributed by atoms with Gasteiger partial charge in [0.25, 0.3) is 0 Å². The molecule has 0 bridgehead atoms. The molecule has 11 heteroatoms. The molecule has 0 unspecified atom stereocenters. The summed E-state index contributed by atoms with van der Waals surface area (Å²) < 4.78 is 26.5. The largest absolute Gasteiger partial charge is 0.491 e. The molecule has 0 atom stereocenters. The average Bonchev–Trinajstić information content (AvgIpc) is 2.66. The van der Waals surface area contributed by atoms with Crippen LogP contribution in [0.2, 0.25) is 5.02 Å². The van der Waals surface area contributed by atoms with Gasteiger partial charge in [-0.05, 0) is 47.9 Å². The lowest BCUT2D eigenvalue weighted by Gasteiger charge is -2.44. The SMILES string of the molecule is CSc1nc2c3c(c(Cl)c(Br)c(F)c3n1)OCCCN2CC1(OC(N)=O)CCC1. The molecule has 1 amide bonds. The number of anilines is 1. The Bertz CT molecular complexity index is 992. The van der Waals surface area contributed by atoms with Crippen LogP contribution in [0.15, 0.2) is 9.63 Å². The zero-order chi connectivity index (χ0) is 20.8. The van der Waals surface area contributed by atoms with Crippen LogP contribution >= 0.6 is 39.3 Å². The molecule has 1 aliphatic carbocycles. The molecule has 0 radical (unpaired) electrons. The summed E-state index contributed by atoms with van der Waals surface area (Å²) in [6, 6.07) is 0. The third-order valence-corrected chi connectivity index (χ3v) is 7.13. The number of thioether (sulfide) groups is 1. The lowest BCUT2D eigenvalue weighted by atomic mass is 9.79. The number of ether oxygens (including phenoxy) is 2. The lowest BCUT2D eigenvalue weighted by Crippen LogP contribution is -2.52. The molecule has 2 aromatic rings. The molecule has 4 rings (SSSR count). The first-order valence-electron chi connectivity index (χ1n) is 9.13. The van der Waals surface area contributed by atoms with Gasteiger partial charge in [-0.2, -0.15) is 0 Å². The Morgan fingerprint density at radius 2 is 2.21 bits per heavy atom. The van der Waals surface area contributed by atoms with Crippen LogP contribution in [0.4, 0.5) is 15.0 Å². The monoisotopic (exact) mass is 504 g/mol. The molecule has 1 aromatic carbocycles. The van der Waals surface area contributed by atoms with Crippen LogP contribution in [0.5, 0.6) is 5.75 Å². The highest BCUT2D eigenvalue weighted by Crippen LogP contribution is 2.46. The van der Waals surface area contributed by atoms with Gasteiger partial charge >= 0.3 is 6.09 Å². The van der Waals surface area contributed by atoms with E-state index in [9.17, 15) is 4.79 Å². The summed E-state index contributed by atoms with van der Waals surface area (Å²) in [6.07, 6.45) is 4.10. The molecule has 2 N–H and O–H groups in total. The summed E-state index contributed by atoms with van der Waals surface area (Å²) in [7, 11) is 0. The molecule has 7 nitrogen and oxygen atoms in total. The van der Waals surface area contributed by atoms with Crippen LogP contribution in [0, 0.1) is 5.82 Å². The number of benzene rings is 1. The van der Waals surface area contributed by atoms with Gasteiger partial charge < -0.3 is 20.1 Å². The summed E-state index contributed by atoms with van der Waals surface area (Å²) in [5.74, 6) is 0.297. The predicted molar refractivity (Wildman–Crippen MR) is 114 cm³/mol. The fraction of sp³-hybridized carbons (Fsp3) is 0.500. The molecule has 2 aliphatic rings. The Balaban J connectivity index is 1.91. The van der Waals surface area contributed by atoms with Crippen molar-refractivity contribution in [3.8, 4) is 5.75 Å². The molecule has 156 valence electrons. The number of hydrogen-bond acceptors (Lipinski definition) is 7. The van der Waals surface area contributed by atoms with Crippen molar-refractivity contribution >= 4 is 62.1 Å². The summed E-state index contributed by atoms with van der Waals surface area (Å²) >= 11 is 10.9. The fourth-order valence-corrected chi connectivity index (χ4v) is 4.74. The number of nitrogens with zero attached hydrogens (tertiary/aromatic N) is 3. The van der Waals surface area contributed by atoms with Gasteiger partial charge in [-0.25, -0.2) is 19.2 Å². The van der Waals surface area contributed by atoms with Gasteiger partial charge in [-0.15, -0.1) is 0 Å². The maximum absolute atomic E-state index is 15.1. The van der Waals surface area contributed by atoms with Crippen molar-refractivity contribution in [2.45, 2.75) is 36.4 Å². The molecule has 29 heavy (non-hydrogen) atoms. The number of primary amides is 1. The van der Waals surface area contributed by atoms with Crippen molar-refractivity contribution in [3.63, 3.8) is 0 Å². The van der Waals surface area contributed by atoms with E-state index in [2.05, 4.69) is 25.9 Å². The van der Waals surface area contributed by atoms with Crippen molar-refractivity contribution in [3.05, 3.63) is 15.3 Å². The Kier molecular flexibility index (Phi) is 5.69. The zero-order valence-electron chi connectivity index (χ0n) is 15.6. The molecule has 1 saturated carbocycles. The standard InChI is InChI=1S/C18H19BrClFN4O3S/c1-29-17-23-13-9-14(11(20)10(19)12(13)21)27-7-3-6-25(15(9)24-17)8-18(4-2-5-18)28-16(22)26/h2-8H2,1H3,(H2,22,26). The van der Waals surface area contributed by atoms with Crippen molar-refractivity contribution < 1.29 is 18.7 Å². The first-order valence-corrected chi connectivity index (χ1v) is 11.5. The van der Waals surface area contributed by atoms with Crippen LogP contribution in [0.3, 0.4) is 0 Å². The molecule has 0 spiro atoms. The highest BCUT2D eigenvalue weighted by Gasteiger charge is 2.43. The number of halogens is 3. The van der Waals surface area contributed by atoms with E-state index in [1.54, 1.807) is 0 Å². The number of rotatable bonds is 4. The van der Waals surface area contributed by atoms with E-state index in [1.807, 2.05) is 11.2 Å². The van der Waals surface area contributed by atoms with Crippen LogP contribution in [-0.2, 0) is 4.74 Å². The second-order valence-corrected chi connectivity index (χ2v) is 9.05. The van der Waals surface area contributed by atoms with E-state index in [4.69, 9.17) is 26.8 Å². The van der Waals surface area contributed by atoms with Crippen LogP contribution in [-0.4, -0.2) is 47.6 Å². The van der Waals surface area contributed by atoms with E-state index < -0.39 is 17.5 Å². The van der Waals surface area contributed by atoms with Crippen molar-refractivity contribution in [1.82, 2.24) is 9.97 Å². The Morgan fingerprint density at radius 3 is 2.83 bits per heavy atom. The van der Waals surface area contributed by atoms with Crippen LogP contribution in [0.1, 0.15) is 25.7 Å². The van der Waals surface area contributed by atoms with Gasteiger partial charge in [0.15, 0.2) is 16.7 Å². The highest BCUT2D eigenvalue weighted by molar-refractivity contribution is 9.10. The summed E-state index contributed by atoms with van der Waals surface area (Å²) in [6.45, 7) is 1.40. The van der Waals surface area contributed by atoms with Gasteiger partial charge in [-0.3, -0.25) is 0 Å². The maximum Gasteiger partial charge on any atom is 0.405 e. The molecule has 1 aliphatic heterocycles. The van der Waals surface area contributed by atoms with Gasteiger partial charge in [0.1, 0.15) is 22.0 Å². The second-order valence-electron chi connectivity index (χ2n) is 7.11. The Labute approximate surface area is 184 Å². The third-order valence-electron chi connectivity index (χ3n) is 5.25. The minimum Gasteiger partial charge on any atom is -0.491 e. The zero-order valence-corrected chi connectivity index (χ0v) is 18.8. The minimum atomic E-state index is -0.795. The van der Waals surface area contributed by atoms with Gasteiger partial charge in [0, 0.05) is 6.54 Å². The number of amides is 1. The van der Waals surface area contributed by atoms with E-state index >= 15 is 4.39 Å². The Hall–Kier alpha value is -1.52. The van der Waals surface area contributed by atoms with E-state index in [-0.39, 0.29) is 15.0 Å².